The fourth-order valence-electron chi connectivity index (χ4n) is 1.55. The molecule has 1 aromatic rings. The fourth-order valence-corrected chi connectivity index (χ4v) is 1.55. The first-order valence-corrected chi connectivity index (χ1v) is 4.58. The zero-order valence-corrected chi connectivity index (χ0v) is 8.24. The zero-order chi connectivity index (χ0) is 11.0. The summed E-state index contributed by atoms with van der Waals surface area (Å²) in [6.45, 7) is 0.0386. The maximum atomic E-state index is 13.4. The SMILES string of the molecule is CN1C(=O)C(CN)Oc2c(F)cccc21. The highest BCUT2D eigenvalue weighted by molar-refractivity contribution is 5.99. The molecule has 1 unspecified atom stereocenters. The Morgan fingerprint density at radius 2 is 2.33 bits per heavy atom. The van der Waals surface area contributed by atoms with Gasteiger partial charge in [-0.15, -0.1) is 0 Å². The molecule has 1 amide bonds. The zero-order valence-electron chi connectivity index (χ0n) is 8.24. The highest BCUT2D eigenvalue weighted by Crippen LogP contribution is 2.34. The number of likely N-dealkylation sites (N-methyl/N-ethyl adjacent to an activating group) is 1. The lowest BCUT2D eigenvalue weighted by Crippen LogP contribution is -2.47. The van der Waals surface area contributed by atoms with Gasteiger partial charge in [0.2, 0.25) is 0 Å². The van der Waals surface area contributed by atoms with Gasteiger partial charge in [-0.25, -0.2) is 4.39 Å². The molecular weight excluding hydrogens is 199 g/mol. The predicted molar refractivity (Wildman–Crippen MR) is 53.3 cm³/mol. The Hall–Kier alpha value is -1.62. The van der Waals surface area contributed by atoms with Gasteiger partial charge in [-0.1, -0.05) is 6.07 Å². The molecule has 0 fully saturated rings. The number of hydrogen-bond donors (Lipinski definition) is 1. The third kappa shape index (κ3) is 1.45. The second kappa shape index (κ2) is 3.51. The fraction of sp³-hybridized carbons (Fsp3) is 0.300. The average molecular weight is 210 g/mol. The number of anilines is 1. The molecule has 0 saturated carbocycles. The lowest BCUT2D eigenvalue weighted by molar-refractivity contribution is -0.125. The lowest BCUT2D eigenvalue weighted by Gasteiger charge is -2.31. The van der Waals surface area contributed by atoms with Crippen molar-refractivity contribution in [1.29, 1.82) is 0 Å². The summed E-state index contributed by atoms with van der Waals surface area (Å²) in [7, 11) is 1.58. The number of benzene rings is 1. The Balaban J connectivity index is 2.50. The van der Waals surface area contributed by atoms with Crippen molar-refractivity contribution in [2.24, 2.45) is 5.73 Å². The summed E-state index contributed by atoms with van der Waals surface area (Å²) in [4.78, 5) is 13.0. The van der Waals surface area contributed by atoms with Crippen LogP contribution in [0.2, 0.25) is 0 Å². The highest BCUT2D eigenvalue weighted by atomic mass is 19.1. The van der Waals surface area contributed by atoms with E-state index in [0.717, 1.165) is 0 Å². The number of carbonyl (C=O) groups excluding carboxylic acids is 1. The topological polar surface area (TPSA) is 55.6 Å². The van der Waals surface area contributed by atoms with Crippen LogP contribution in [0.1, 0.15) is 0 Å². The molecule has 5 heteroatoms. The van der Waals surface area contributed by atoms with E-state index in [1.165, 1.54) is 17.0 Å². The molecule has 80 valence electrons. The number of ether oxygens (including phenoxy) is 1. The molecule has 1 heterocycles. The standard InChI is InChI=1S/C10H11FN2O2/c1-13-7-4-2-3-6(11)9(7)15-8(5-12)10(13)14/h2-4,8H,5,12H2,1H3. The number of fused-ring (bicyclic) bond motifs is 1. The van der Waals surface area contributed by atoms with Crippen molar-refractivity contribution in [3.63, 3.8) is 0 Å². The van der Waals surface area contributed by atoms with Crippen molar-refractivity contribution >= 4 is 11.6 Å². The summed E-state index contributed by atoms with van der Waals surface area (Å²) in [5.41, 5.74) is 5.80. The molecule has 15 heavy (non-hydrogen) atoms. The van der Waals surface area contributed by atoms with Gasteiger partial charge in [0, 0.05) is 13.6 Å². The molecule has 0 bridgehead atoms. The van der Waals surface area contributed by atoms with Crippen LogP contribution in [0, 0.1) is 5.82 Å². The van der Waals surface area contributed by atoms with Crippen LogP contribution in [0.15, 0.2) is 18.2 Å². The molecule has 0 saturated heterocycles. The largest absolute Gasteiger partial charge is 0.474 e. The minimum absolute atomic E-state index is 0.0386. The minimum Gasteiger partial charge on any atom is -0.474 e. The van der Waals surface area contributed by atoms with Gasteiger partial charge in [0.25, 0.3) is 5.91 Å². The number of nitrogens with zero attached hydrogens (tertiary/aromatic N) is 1. The Morgan fingerprint density at radius 1 is 1.60 bits per heavy atom. The summed E-state index contributed by atoms with van der Waals surface area (Å²) in [5, 5.41) is 0. The van der Waals surface area contributed by atoms with Crippen LogP contribution in [0.4, 0.5) is 10.1 Å². The van der Waals surface area contributed by atoms with Crippen molar-refractivity contribution in [2.45, 2.75) is 6.10 Å². The van der Waals surface area contributed by atoms with E-state index in [4.69, 9.17) is 10.5 Å². The van der Waals surface area contributed by atoms with Crippen molar-refractivity contribution in [1.82, 2.24) is 0 Å². The van der Waals surface area contributed by atoms with Crippen LogP contribution < -0.4 is 15.4 Å². The average Bonchev–Trinajstić information content (AvgIpc) is 2.24. The number of rotatable bonds is 1. The van der Waals surface area contributed by atoms with Crippen LogP contribution in [0.3, 0.4) is 0 Å². The summed E-state index contributed by atoms with van der Waals surface area (Å²) in [5.74, 6) is -0.643. The van der Waals surface area contributed by atoms with Crippen LogP contribution >= 0.6 is 0 Å². The third-order valence-electron chi connectivity index (χ3n) is 2.39. The van der Waals surface area contributed by atoms with Crippen LogP contribution in [0.25, 0.3) is 0 Å². The quantitative estimate of drug-likeness (QED) is 0.734. The Kier molecular flexibility index (Phi) is 2.32. The first-order chi connectivity index (χ1) is 7.15. The van der Waals surface area contributed by atoms with Gasteiger partial charge in [-0.2, -0.15) is 0 Å². The van der Waals surface area contributed by atoms with Gasteiger partial charge in [0.05, 0.1) is 5.69 Å². The van der Waals surface area contributed by atoms with Crippen molar-refractivity contribution in [2.75, 3.05) is 18.5 Å². The first-order valence-electron chi connectivity index (χ1n) is 4.58. The van der Waals surface area contributed by atoms with Gasteiger partial charge >= 0.3 is 0 Å². The molecule has 1 aromatic carbocycles. The van der Waals surface area contributed by atoms with Crippen LogP contribution in [-0.4, -0.2) is 25.6 Å². The summed E-state index contributed by atoms with van der Waals surface area (Å²) < 4.78 is 18.6. The molecular formula is C10H11FN2O2. The second-order valence-electron chi connectivity index (χ2n) is 3.33. The molecule has 1 aliphatic heterocycles. The summed E-state index contributed by atoms with van der Waals surface area (Å²) in [6.07, 6.45) is -0.792. The Bertz CT molecular complexity index is 408. The second-order valence-corrected chi connectivity index (χ2v) is 3.33. The van der Waals surface area contributed by atoms with Gasteiger partial charge in [0.15, 0.2) is 17.7 Å². The van der Waals surface area contributed by atoms with E-state index in [1.807, 2.05) is 0 Å². The number of amides is 1. The molecule has 0 spiro atoms. The van der Waals surface area contributed by atoms with E-state index in [-0.39, 0.29) is 18.2 Å². The number of halogens is 1. The smallest absolute Gasteiger partial charge is 0.269 e. The van der Waals surface area contributed by atoms with Crippen LogP contribution in [0.5, 0.6) is 5.75 Å². The number of nitrogens with two attached hydrogens (primary N) is 1. The van der Waals surface area contributed by atoms with Crippen molar-refractivity contribution < 1.29 is 13.9 Å². The van der Waals surface area contributed by atoms with E-state index in [9.17, 15) is 9.18 Å². The maximum absolute atomic E-state index is 13.4. The molecule has 1 aliphatic rings. The number of para-hydroxylation sites is 1. The van der Waals surface area contributed by atoms with Crippen molar-refractivity contribution in [3.05, 3.63) is 24.0 Å². The minimum atomic E-state index is -0.792. The molecule has 2 N–H and O–H groups in total. The highest BCUT2D eigenvalue weighted by Gasteiger charge is 2.32. The monoisotopic (exact) mass is 210 g/mol. The molecule has 0 aliphatic carbocycles. The first kappa shape index (κ1) is 9.92. The van der Waals surface area contributed by atoms with E-state index in [2.05, 4.69) is 0 Å². The Morgan fingerprint density at radius 3 is 3.00 bits per heavy atom. The number of carbonyl (C=O) groups is 1. The van der Waals surface area contributed by atoms with Crippen molar-refractivity contribution in [3.8, 4) is 5.75 Å². The van der Waals surface area contributed by atoms with Gasteiger partial charge in [0.1, 0.15) is 0 Å². The molecule has 2 rings (SSSR count). The molecule has 0 aromatic heterocycles. The van der Waals surface area contributed by atoms with Crippen LogP contribution in [-0.2, 0) is 4.79 Å². The Labute approximate surface area is 86.4 Å². The predicted octanol–water partition coefficient (Wildman–Crippen LogP) is 0.508. The molecule has 1 atom stereocenters. The molecule has 0 radical (unpaired) electrons. The summed E-state index contributed by atoms with van der Waals surface area (Å²) >= 11 is 0. The van der Waals surface area contributed by atoms with Gasteiger partial charge in [-0.3, -0.25) is 4.79 Å². The van der Waals surface area contributed by atoms with Gasteiger partial charge in [-0.05, 0) is 12.1 Å². The van der Waals surface area contributed by atoms with Gasteiger partial charge < -0.3 is 15.4 Å². The van der Waals surface area contributed by atoms with E-state index < -0.39 is 11.9 Å². The number of hydrogen-bond acceptors (Lipinski definition) is 3. The summed E-state index contributed by atoms with van der Waals surface area (Å²) in [6, 6.07) is 4.45. The van der Waals surface area contributed by atoms with E-state index >= 15 is 0 Å². The lowest BCUT2D eigenvalue weighted by atomic mass is 10.2. The molecule has 4 nitrogen and oxygen atoms in total. The van der Waals surface area contributed by atoms with E-state index in [1.54, 1.807) is 13.1 Å². The maximum Gasteiger partial charge on any atom is 0.269 e. The van der Waals surface area contributed by atoms with E-state index in [0.29, 0.717) is 5.69 Å². The normalized spacial score (nSPS) is 19.8. The third-order valence-corrected chi connectivity index (χ3v) is 2.39.